The van der Waals surface area contributed by atoms with Crippen molar-refractivity contribution >= 4 is 0 Å². The molecule has 0 aliphatic heterocycles. The van der Waals surface area contributed by atoms with Crippen LogP contribution in [0.25, 0.3) is 0 Å². The lowest BCUT2D eigenvalue weighted by Gasteiger charge is -2.10. The Morgan fingerprint density at radius 2 is 2.10 bits per heavy atom. The van der Waals surface area contributed by atoms with Crippen LogP contribution in [-0.4, -0.2) is 21.7 Å². The van der Waals surface area contributed by atoms with Gasteiger partial charge in [0.1, 0.15) is 5.75 Å². The van der Waals surface area contributed by atoms with E-state index in [1.165, 1.54) is 0 Å². The molecule has 108 valence electrons. The van der Waals surface area contributed by atoms with E-state index in [1.807, 2.05) is 26.0 Å². The Bertz CT molecular complexity index is 554. The average molecular weight is 276 g/mol. The van der Waals surface area contributed by atoms with E-state index < -0.39 is 0 Å². The number of aryl methyl sites for hydroxylation is 2. The van der Waals surface area contributed by atoms with E-state index >= 15 is 0 Å². The average Bonchev–Trinajstić information content (AvgIpc) is 2.92. The number of nitrogens with zero attached hydrogens (tertiary/aromatic N) is 3. The van der Waals surface area contributed by atoms with E-state index in [4.69, 9.17) is 9.26 Å². The second-order valence-electron chi connectivity index (χ2n) is 4.42. The standard InChI is InChI=1S/C14H20N4O2/c1-4-14-17-13(18-20-14)9-19-12-7-6-10(3)16-11(12)8-15-5-2/h6-7,15H,4-5,8-9H2,1-3H3. The summed E-state index contributed by atoms with van der Waals surface area (Å²) in [6, 6.07) is 3.86. The van der Waals surface area contributed by atoms with Gasteiger partial charge in [0.2, 0.25) is 11.7 Å². The van der Waals surface area contributed by atoms with Gasteiger partial charge in [-0.2, -0.15) is 4.98 Å². The molecule has 0 atom stereocenters. The molecule has 2 aromatic rings. The molecule has 6 nitrogen and oxygen atoms in total. The molecule has 0 bridgehead atoms. The van der Waals surface area contributed by atoms with Crippen molar-refractivity contribution < 1.29 is 9.26 Å². The van der Waals surface area contributed by atoms with Crippen LogP contribution < -0.4 is 10.1 Å². The minimum atomic E-state index is 0.285. The zero-order valence-corrected chi connectivity index (χ0v) is 12.1. The van der Waals surface area contributed by atoms with Gasteiger partial charge in [0.15, 0.2) is 6.61 Å². The SMILES string of the molecule is CCNCc1nc(C)ccc1OCc1noc(CC)n1. The number of nitrogens with one attached hydrogen (secondary N) is 1. The van der Waals surface area contributed by atoms with Crippen molar-refractivity contribution in [3.05, 3.63) is 35.2 Å². The lowest BCUT2D eigenvalue weighted by atomic mass is 10.3. The third-order valence-electron chi connectivity index (χ3n) is 2.78. The lowest BCUT2D eigenvalue weighted by Crippen LogP contribution is -2.14. The van der Waals surface area contributed by atoms with Crippen LogP contribution in [0.5, 0.6) is 5.75 Å². The van der Waals surface area contributed by atoms with Crippen LogP contribution in [0.4, 0.5) is 0 Å². The number of hydrogen-bond acceptors (Lipinski definition) is 6. The Morgan fingerprint density at radius 3 is 2.80 bits per heavy atom. The molecule has 0 unspecified atom stereocenters. The number of hydrogen-bond donors (Lipinski definition) is 1. The summed E-state index contributed by atoms with van der Waals surface area (Å²) >= 11 is 0. The van der Waals surface area contributed by atoms with Crippen molar-refractivity contribution in [2.75, 3.05) is 6.54 Å². The topological polar surface area (TPSA) is 73.1 Å². The first-order chi connectivity index (χ1) is 9.72. The van der Waals surface area contributed by atoms with Gasteiger partial charge in [0.25, 0.3) is 0 Å². The number of rotatable bonds is 7. The van der Waals surface area contributed by atoms with Gasteiger partial charge in [0, 0.05) is 18.7 Å². The van der Waals surface area contributed by atoms with Crippen molar-refractivity contribution in [1.29, 1.82) is 0 Å². The summed E-state index contributed by atoms with van der Waals surface area (Å²) in [4.78, 5) is 8.71. The quantitative estimate of drug-likeness (QED) is 0.834. The highest BCUT2D eigenvalue weighted by Gasteiger charge is 2.09. The second-order valence-corrected chi connectivity index (χ2v) is 4.42. The fourth-order valence-electron chi connectivity index (χ4n) is 1.73. The molecule has 0 saturated carbocycles. The molecule has 2 aromatic heterocycles. The van der Waals surface area contributed by atoms with E-state index in [0.717, 1.165) is 30.1 Å². The molecule has 1 N–H and O–H groups in total. The number of aromatic nitrogens is 3. The summed E-state index contributed by atoms with van der Waals surface area (Å²) in [6.45, 7) is 7.84. The van der Waals surface area contributed by atoms with Crippen LogP contribution in [-0.2, 0) is 19.6 Å². The molecule has 2 heterocycles. The summed E-state index contributed by atoms with van der Waals surface area (Å²) in [7, 11) is 0. The van der Waals surface area contributed by atoms with Crippen LogP contribution in [0, 0.1) is 6.92 Å². The third kappa shape index (κ3) is 3.77. The number of ether oxygens (including phenoxy) is 1. The van der Waals surface area contributed by atoms with Gasteiger partial charge in [0.05, 0.1) is 5.69 Å². The van der Waals surface area contributed by atoms with Gasteiger partial charge in [-0.05, 0) is 25.6 Å². The molecule has 0 aliphatic rings. The molecule has 0 spiro atoms. The summed E-state index contributed by atoms with van der Waals surface area (Å²) in [5, 5.41) is 7.12. The minimum absolute atomic E-state index is 0.285. The van der Waals surface area contributed by atoms with Crippen molar-refractivity contribution in [2.45, 2.75) is 40.3 Å². The highest BCUT2D eigenvalue weighted by atomic mass is 16.5. The maximum atomic E-state index is 5.75. The summed E-state index contributed by atoms with van der Waals surface area (Å²) in [5.41, 5.74) is 1.86. The van der Waals surface area contributed by atoms with Crippen LogP contribution in [0.1, 0.15) is 37.0 Å². The van der Waals surface area contributed by atoms with Crippen molar-refractivity contribution in [3.8, 4) is 5.75 Å². The molecule has 0 amide bonds. The molecule has 20 heavy (non-hydrogen) atoms. The van der Waals surface area contributed by atoms with Gasteiger partial charge in [-0.15, -0.1) is 0 Å². The smallest absolute Gasteiger partial charge is 0.226 e. The van der Waals surface area contributed by atoms with Gasteiger partial charge in [-0.25, -0.2) is 0 Å². The monoisotopic (exact) mass is 276 g/mol. The van der Waals surface area contributed by atoms with E-state index in [0.29, 0.717) is 18.3 Å². The van der Waals surface area contributed by atoms with E-state index in [1.54, 1.807) is 0 Å². The molecule has 0 saturated heterocycles. The molecule has 0 aromatic carbocycles. The van der Waals surface area contributed by atoms with Gasteiger partial charge in [-0.3, -0.25) is 4.98 Å². The van der Waals surface area contributed by atoms with Crippen LogP contribution in [0.2, 0.25) is 0 Å². The van der Waals surface area contributed by atoms with Gasteiger partial charge >= 0.3 is 0 Å². The Labute approximate surface area is 118 Å². The lowest BCUT2D eigenvalue weighted by molar-refractivity contribution is 0.280. The van der Waals surface area contributed by atoms with Crippen molar-refractivity contribution in [2.24, 2.45) is 0 Å². The van der Waals surface area contributed by atoms with Crippen LogP contribution in [0.15, 0.2) is 16.7 Å². The molecule has 2 rings (SSSR count). The Balaban J connectivity index is 2.04. The van der Waals surface area contributed by atoms with Crippen molar-refractivity contribution in [3.63, 3.8) is 0 Å². The van der Waals surface area contributed by atoms with E-state index in [2.05, 4.69) is 27.4 Å². The number of pyridine rings is 1. The van der Waals surface area contributed by atoms with Crippen molar-refractivity contribution in [1.82, 2.24) is 20.4 Å². The zero-order valence-electron chi connectivity index (χ0n) is 12.1. The predicted molar refractivity (Wildman–Crippen MR) is 74.4 cm³/mol. The fraction of sp³-hybridized carbons (Fsp3) is 0.500. The molecule has 6 heteroatoms. The Kier molecular flexibility index (Phi) is 5.06. The van der Waals surface area contributed by atoms with E-state index in [9.17, 15) is 0 Å². The second kappa shape index (κ2) is 7.00. The summed E-state index contributed by atoms with van der Waals surface area (Å²) in [5.74, 6) is 1.93. The van der Waals surface area contributed by atoms with Gasteiger partial charge in [-0.1, -0.05) is 19.0 Å². The largest absolute Gasteiger partial charge is 0.484 e. The molecule has 0 radical (unpaired) electrons. The van der Waals surface area contributed by atoms with Crippen LogP contribution in [0.3, 0.4) is 0 Å². The first-order valence-electron chi connectivity index (χ1n) is 6.84. The molecule has 0 aliphatic carbocycles. The molecule has 0 fully saturated rings. The first kappa shape index (κ1) is 14.5. The normalized spacial score (nSPS) is 10.8. The minimum Gasteiger partial charge on any atom is -0.484 e. The predicted octanol–water partition coefficient (Wildman–Crippen LogP) is 2.02. The fourth-order valence-corrected chi connectivity index (χ4v) is 1.73. The van der Waals surface area contributed by atoms with E-state index in [-0.39, 0.29) is 6.61 Å². The zero-order chi connectivity index (χ0) is 14.4. The summed E-state index contributed by atoms with van der Waals surface area (Å²) < 4.78 is 10.8. The third-order valence-corrected chi connectivity index (χ3v) is 2.78. The Morgan fingerprint density at radius 1 is 1.25 bits per heavy atom. The first-order valence-corrected chi connectivity index (χ1v) is 6.84. The highest BCUT2D eigenvalue weighted by Crippen LogP contribution is 2.18. The molecular formula is C14H20N4O2. The maximum Gasteiger partial charge on any atom is 0.226 e. The van der Waals surface area contributed by atoms with Gasteiger partial charge < -0.3 is 14.6 Å². The molecular weight excluding hydrogens is 256 g/mol. The highest BCUT2D eigenvalue weighted by molar-refractivity contribution is 5.29. The van der Waals surface area contributed by atoms with Crippen LogP contribution >= 0.6 is 0 Å². The Hall–Kier alpha value is -1.95. The maximum absolute atomic E-state index is 5.75. The summed E-state index contributed by atoms with van der Waals surface area (Å²) in [6.07, 6.45) is 0.727.